The molecule has 2 rings (SSSR count). The van der Waals surface area contributed by atoms with Crippen LogP contribution in [0, 0.1) is 5.92 Å². The minimum Gasteiger partial charge on any atom is -0.465 e. The van der Waals surface area contributed by atoms with Crippen LogP contribution in [-0.2, 0) is 25.9 Å². The normalized spacial score (nSPS) is 12.3. The third-order valence-corrected chi connectivity index (χ3v) is 5.95. The lowest BCUT2D eigenvalue weighted by Crippen LogP contribution is -2.44. The molecule has 2 N–H and O–H groups in total. The molecule has 0 bridgehead atoms. The number of sulfone groups is 1. The molecule has 1 amide bonds. The molecule has 0 aliphatic rings. The molecular formula is C24H30N2O6S. The van der Waals surface area contributed by atoms with Crippen LogP contribution in [0.1, 0.15) is 47.1 Å². The van der Waals surface area contributed by atoms with Crippen LogP contribution in [0.4, 0.5) is 0 Å². The van der Waals surface area contributed by atoms with Crippen LogP contribution in [0.5, 0.6) is 0 Å². The van der Waals surface area contributed by atoms with E-state index in [2.05, 4.69) is 10.6 Å². The quantitative estimate of drug-likeness (QED) is 0.379. The van der Waals surface area contributed by atoms with Crippen molar-refractivity contribution >= 4 is 27.5 Å². The van der Waals surface area contributed by atoms with Gasteiger partial charge in [-0.15, -0.1) is 0 Å². The number of rotatable bonds is 11. The number of hydrogen-bond donors (Lipinski definition) is 2. The van der Waals surface area contributed by atoms with Crippen molar-refractivity contribution in [1.29, 1.82) is 0 Å². The van der Waals surface area contributed by atoms with Crippen LogP contribution in [0.25, 0.3) is 0 Å². The first kappa shape index (κ1) is 26.2. The molecule has 0 heterocycles. The summed E-state index contributed by atoms with van der Waals surface area (Å²) in [6.07, 6.45) is 1.06. The van der Waals surface area contributed by atoms with Gasteiger partial charge < -0.3 is 15.4 Å². The van der Waals surface area contributed by atoms with E-state index in [1.165, 1.54) is 12.1 Å². The average molecular weight is 475 g/mol. The average Bonchev–Trinajstić information content (AvgIpc) is 2.76. The Balaban J connectivity index is 2.31. The van der Waals surface area contributed by atoms with Crippen molar-refractivity contribution in [2.75, 3.05) is 19.4 Å². The first-order chi connectivity index (χ1) is 15.5. The highest BCUT2D eigenvalue weighted by atomic mass is 32.2. The van der Waals surface area contributed by atoms with Crippen molar-refractivity contribution < 1.29 is 27.5 Å². The summed E-state index contributed by atoms with van der Waals surface area (Å²) in [7, 11) is -3.60. The van der Waals surface area contributed by atoms with Gasteiger partial charge in [0.1, 0.15) is 0 Å². The van der Waals surface area contributed by atoms with E-state index >= 15 is 0 Å². The zero-order valence-electron chi connectivity index (χ0n) is 19.3. The second-order valence-corrected chi connectivity index (χ2v) is 9.99. The Morgan fingerprint density at radius 3 is 2.24 bits per heavy atom. The molecule has 0 saturated heterocycles. The third kappa shape index (κ3) is 7.80. The molecule has 0 fully saturated rings. The molecule has 0 spiro atoms. The SMILES string of the molecule is CCOC(=O)CNCc1cc(C(=O)C(NC(=O)c2ccccc2)C(C)C)cc(S(C)(=O)=O)c1. The summed E-state index contributed by atoms with van der Waals surface area (Å²) < 4.78 is 29.3. The first-order valence-electron chi connectivity index (χ1n) is 10.6. The number of carbonyl (C=O) groups is 3. The van der Waals surface area contributed by atoms with E-state index in [-0.39, 0.29) is 36.1 Å². The Labute approximate surface area is 194 Å². The number of amides is 1. The van der Waals surface area contributed by atoms with Crippen molar-refractivity contribution in [1.82, 2.24) is 10.6 Å². The summed E-state index contributed by atoms with van der Waals surface area (Å²) in [5.41, 5.74) is 1.10. The predicted octanol–water partition coefficient (Wildman–Crippen LogP) is 2.38. The van der Waals surface area contributed by atoms with Gasteiger partial charge in [-0.2, -0.15) is 0 Å². The molecule has 0 aromatic heterocycles. The van der Waals surface area contributed by atoms with Crippen molar-refractivity contribution in [3.05, 3.63) is 65.2 Å². The smallest absolute Gasteiger partial charge is 0.319 e. The summed E-state index contributed by atoms with van der Waals surface area (Å²) in [6.45, 7) is 5.67. The maximum absolute atomic E-state index is 13.3. The van der Waals surface area contributed by atoms with Gasteiger partial charge in [0, 0.05) is 23.9 Å². The lowest BCUT2D eigenvalue weighted by atomic mass is 9.93. The molecule has 0 aliphatic carbocycles. The number of ether oxygens (including phenoxy) is 1. The number of benzene rings is 2. The van der Waals surface area contributed by atoms with Crippen LogP contribution in [0.15, 0.2) is 53.4 Å². The maximum Gasteiger partial charge on any atom is 0.319 e. The molecule has 8 nitrogen and oxygen atoms in total. The largest absolute Gasteiger partial charge is 0.465 e. The van der Waals surface area contributed by atoms with Gasteiger partial charge in [-0.05, 0) is 48.7 Å². The number of ketones is 1. The van der Waals surface area contributed by atoms with Gasteiger partial charge >= 0.3 is 5.97 Å². The molecule has 1 unspecified atom stereocenters. The Hall–Kier alpha value is -3.04. The highest BCUT2D eigenvalue weighted by molar-refractivity contribution is 7.90. The summed E-state index contributed by atoms with van der Waals surface area (Å²) in [6, 6.07) is 12.0. The van der Waals surface area contributed by atoms with E-state index < -0.39 is 33.5 Å². The number of esters is 1. The monoisotopic (exact) mass is 474 g/mol. The van der Waals surface area contributed by atoms with Gasteiger partial charge in [0.15, 0.2) is 15.6 Å². The standard InChI is InChI=1S/C24H30N2O6S/c1-5-32-21(27)15-25-14-17-11-19(13-20(12-17)33(4,30)31)23(28)22(16(2)3)26-24(29)18-9-7-6-8-10-18/h6-13,16,22,25H,5,14-15H2,1-4H3,(H,26,29). The maximum atomic E-state index is 13.3. The molecule has 0 radical (unpaired) electrons. The zero-order chi connectivity index (χ0) is 24.6. The Bertz CT molecular complexity index is 1100. The van der Waals surface area contributed by atoms with Crippen LogP contribution >= 0.6 is 0 Å². The van der Waals surface area contributed by atoms with E-state index in [0.717, 1.165) is 6.26 Å². The Kier molecular flexibility index (Phi) is 9.31. The summed E-state index contributed by atoms with van der Waals surface area (Å²) in [4.78, 5) is 37.5. The molecule has 178 valence electrons. The zero-order valence-corrected chi connectivity index (χ0v) is 20.1. The molecular weight excluding hydrogens is 444 g/mol. The summed E-state index contributed by atoms with van der Waals surface area (Å²) in [5, 5.41) is 5.65. The van der Waals surface area contributed by atoms with Gasteiger partial charge in [-0.3, -0.25) is 14.4 Å². The van der Waals surface area contributed by atoms with Crippen molar-refractivity contribution in [2.45, 2.75) is 38.3 Å². The summed E-state index contributed by atoms with van der Waals surface area (Å²) in [5.74, 6) is -1.46. The van der Waals surface area contributed by atoms with Gasteiger partial charge in [-0.25, -0.2) is 8.42 Å². The molecule has 9 heteroatoms. The van der Waals surface area contributed by atoms with Crippen LogP contribution in [0.3, 0.4) is 0 Å². The van der Waals surface area contributed by atoms with E-state index in [9.17, 15) is 22.8 Å². The molecule has 0 saturated carbocycles. The van der Waals surface area contributed by atoms with Crippen LogP contribution in [-0.4, -0.2) is 51.5 Å². The number of hydrogen-bond acceptors (Lipinski definition) is 7. The van der Waals surface area contributed by atoms with Gasteiger partial charge in [-0.1, -0.05) is 32.0 Å². The molecule has 1 atom stereocenters. The number of carbonyl (C=O) groups excluding carboxylic acids is 3. The van der Waals surface area contributed by atoms with Crippen molar-refractivity contribution in [3.63, 3.8) is 0 Å². The second-order valence-electron chi connectivity index (χ2n) is 7.97. The third-order valence-electron chi connectivity index (χ3n) is 4.85. The molecule has 33 heavy (non-hydrogen) atoms. The lowest BCUT2D eigenvalue weighted by Gasteiger charge is -2.22. The Morgan fingerprint density at radius 2 is 1.67 bits per heavy atom. The minimum atomic E-state index is -3.60. The molecule has 2 aromatic rings. The minimum absolute atomic E-state index is 0.0156. The molecule has 2 aromatic carbocycles. The topological polar surface area (TPSA) is 119 Å². The first-order valence-corrected chi connectivity index (χ1v) is 12.5. The summed E-state index contributed by atoms with van der Waals surface area (Å²) >= 11 is 0. The van der Waals surface area contributed by atoms with Gasteiger partial charge in [0.25, 0.3) is 5.91 Å². The van der Waals surface area contributed by atoms with Crippen LogP contribution < -0.4 is 10.6 Å². The van der Waals surface area contributed by atoms with E-state index in [1.807, 2.05) is 0 Å². The fourth-order valence-corrected chi connectivity index (χ4v) is 3.88. The Morgan fingerprint density at radius 1 is 1.00 bits per heavy atom. The lowest BCUT2D eigenvalue weighted by molar-refractivity contribution is -0.142. The van der Waals surface area contributed by atoms with Crippen molar-refractivity contribution in [2.24, 2.45) is 5.92 Å². The van der Waals surface area contributed by atoms with Gasteiger partial charge in [0.2, 0.25) is 0 Å². The molecule has 0 aliphatic heterocycles. The second kappa shape index (κ2) is 11.7. The van der Waals surface area contributed by atoms with E-state index in [4.69, 9.17) is 4.74 Å². The van der Waals surface area contributed by atoms with Crippen molar-refractivity contribution in [3.8, 4) is 0 Å². The van der Waals surface area contributed by atoms with Crippen LogP contribution in [0.2, 0.25) is 0 Å². The predicted molar refractivity (Wildman–Crippen MR) is 125 cm³/mol. The fourth-order valence-electron chi connectivity index (χ4n) is 3.17. The van der Waals surface area contributed by atoms with E-state index in [1.54, 1.807) is 57.2 Å². The fraction of sp³-hybridized carbons (Fsp3) is 0.375. The number of Topliss-reactive ketones (excluding diaryl/α,β-unsaturated/α-hetero) is 1. The van der Waals surface area contributed by atoms with Gasteiger partial charge in [0.05, 0.1) is 24.1 Å². The highest BCUT2D eigenvalue weighted by Crippen LogP contribution is 2.19. The number of nitrogens with one attached hydrogen (secondary N) is 2. The van der Waals surface area contributed by atoms with E-state index in [0.29, 0.717) is 11.1 Å². The highest BCUT2D eigenvalue weighted by Gasteiger charge is 2.27.